The monoisotopic (exact) mass is 208 g/mol. The first-order valence-electron chi connectivity index (χ1n) is 4.12. The van der Waals surface area contributed by atoms with Crippen LogP contribution in [0.4, 0.5) is 0 Å². The van der Waals surface area contributed by atoms with Gasteiger partial charge in [-0.05, 0) is 18.2 Å². The molecule has 0 fully saturated rings. The second kappa shape index (κ2) is 5.43. The zero-order valence-corrected chi connectivity index (χ0v) is 8.21. The maximum Gasteiger partial charge on any atom is 0.151 e. The zero-order valence-electron chi connectivity index (χ0n) is 7.46. The summed E-state index contributed by atoms with van der Waals surface area (Å²) in [5, 5.41) is 8.93. The lowest BCUT2D eigenvalue weighted by Crippen LogP contribution is -1.84. The summed E-state index contributed by atoms with van der Waals surface area (Å²) in [5.41, 5.74) is 1.16. The first-order chi connectivity index (χ1) is 6.77. The van der Waals surface area contributed by atoms with Crippen LogP contribution in [0.15, 0.2) is 18.2 Å². The second-order valence-corrected chi connectivity index (χ2v) is 3.04. The molecule has 0 aromatic heterocycles. The van der Waals surface area contributed by atoms with Gasteiger partial charge >= 0.3 is 0 Å². The van der Waals surface area contributed by atoms with Gasteiger partial charge < -0.3 is 5.11 Å². The molecule has 0 unspecified atom stereocenters. The van der Waals surface area contributed by atoms with Crippen molar-refractivity contribution < 1.29 is 9.90 Å². The average Bonchev–Trinajstić information content (AvgIpc) is 2.21. The summed E-state index contributed by atoms with van der Waals surface area (Å²) in [7, 11) is 0. The third kappa shape index (κ3) is 2.88. The summed E-state index contributed by atoms with van der Waals surface area (Å²) in [4.78, 5) is 10.5. The van der Waals surface area contributed by atoms with Crippen molar-refractivity contribution in [1.29, 1.82) is 0 Å². The fraction of sp³-hybridized carbons (Fsp3) is 0.182. The van der Waals surface area contributed by atoms with Crippen molar-refractivity contribution in [2.45, 2.75) is 6.42 Å². The molecule has 0 aliphatic rings. The number of hydrogen-bond donors (Lipinski definition) is 1. The highest BCUT2D eigenvalue weighted by atomic mass is 35.5. The summed E-state index contributed by atoms with van der Waals surface area (Å²) >= 11 is 5.74. The van der Waals surface area contributed by atoms with Crippen LogP contribution >= 0.6 is 11.6 Å². The van der Waals surface area contributed by atoms with E-state index in [1.165, 1.54) is 0 Å². The van der Waals surface area contributed by atoms with Crippen molar-refractivity contribution in [3.63, 3.8) is 0 Å². The molecule has 1 aromatic rings. The number of carbonyl (C=O) groups is 1. The Balaban J connectivity index is 2.91. The van der Waals surface area contributed by atoms with Gasteiger partial charge in [-0.15, -0.1) is 0 Å². The molecular weight excluding hydrogens is 200 g/mol. The van der Waals surface area contributed by atoms with E-state index < -0.39 is 0 Å². The molecule has 0 bridgehead atoms. The van der Waals surface area contributed by atoms with Gasteiger partial charge in [-0.1, -0.05) is 23.4 Å². The number of hydrogen-bond acceptors (Lipinski definition) is 2. The Morgan fingerprint density at radius 2 is 2.29 bits per heavy atom. The zero-order chi connectivity index (χ0) is 10.4. The molecule has 0 heterocycles. The number of aliphatic hydroxyl groups excluding tert-OH is 1. The summed E-state index contributed by atoms with van der Waals surface area (Å²) in [6.07, 6.45) is 1.12. The predicted octanol–water partition coefficient (Wildman–Crippen LogP) is 1.89. The highest BCUT2D eigenvalue weighted by molar-refractivity contribution is 6.32. The smallest absolute Gasteiger partial charge is 0.151 e. The minimum absolute atomic E-state index is 0.0428. The lowest BCUT2D eigenvalue weighted by molar-refractivity contribution is 0.112. The maximum absolute atomic E-state index is 10.5. The number of aliphatic hydroxyl groups is 1. The molecule has 14 heavy (non-hydrogen) atoms. The van der Waals surface area contributed by atoms with Crippen LogP contribution in [0.5, 0.6) is 0 Å². The van der Waals surface area contributed by atoms with E-state index in [4.69, 9.17) is 16.7 Å². The largest absolute Gasteiger partial charge is 0.395 e. The molecule has 0 spiro atoms. The van der Waals surface area contributed by atoms with Gasteiger partial charge in [-0.25, -0.2) is 0 Å². The van der Waals surface area contributed by atoms with Gasteiger partial charge in [0.05, 0.1) is 11.6 Å². The summed E-state index contributed by atoms with van der Waals surface area (Å²) in [6.45, 7) is 0.0428. The third-order valence-electron chi connectivity index (χ3n) is 1.59. The van der Waals surface area contributed by atoms with Gasteiger partial charge in [-0.2, -0.15) is 0 Å². The van der Waals surface area contributed by atoms with Crippen LogP contribution in [-0.2, 0) is 0 Å². The number of aldehydes is 1. The van der Waals surface area contributed by atoms with Crippen LogP contribution in [0, 0.1) is 11.8 Å². The van der Waals surface area contributed by atoms with Crippen LogP contribution in [0.2, 0.25) is 5.02 Å². The Labute approximate surface area is 87.5 Å². The Hall–Kier alpha value is -1.30. The van der Waals surface area contributed by atoms with E-state index in [1.807, 2.05) is 0 Å². The van der Waals surface area contributed by atoms with Crippen LogP contribution < -0.4 is 0 Å². The Bertz CT molecular complexity index is 388. The van der Waals surface area contributed by atoms with E-state index in [-0.39, 0.29) is 6.61 Å². The summed E-state index contributed by atoms with van der Waals surface area (Å²) < 4.78 is 0. The average molecular weight is 209 g/mol. The van der Waals surface area contributed by atoms with Crippen molar-refractivity contribution in [2.75, 3.05) is 6.61 Å². The fourth-order valence-corrected chi connectivity index (χ4v) is 1.09. The standard InChI is InChI=1S/C11H9ClO2/c12-11-5-4-9(3-1-2-6-13)7-10(11)8-14/h4-5,7-8,13H,2,6H2. The van der Waals surface area contributed by atoms with E-state index in [0.717, 1.165) is 5.56 Å². The molecule has 0 atom stereocenters. The maximum atomic E-state index is 10.5. The van der Waals surface area contributed by atoms with Crippen molar-refractivity contribution in [3.8, 4) is 11.8 Å². The molecule has 0 saturated heterocycles. The van der Waals surface area contributed by atoms with Crippen molar-refractivity contribution in [2.24, 2.45) is 0 Å². The van der Waals surface area contributed by atoms with Gasteiger partial charge in [0.25, 0.3) is 0 Å². The Morgan fingerprint density at radius 1 is 1.50 bits per heavy atom. The van der Waals surface area contributed by atoms with E-state index >= 15 is 0 Å². The van der Waals surface area contributed by atoms with E-state index in [2.05, 4.69) is 11.8 Å². The predicted molar refractivity (Wildman–Crippen MR) is 55.4 cm³/mol. The quantitative estimate of drug-likeness (QED) is 0.595. The van der Waals surface area contributed by atoms with Gasteiger partial charge in [0.2, 0.25) is 0 Å². The Morgan fingerprint density at radius 3 is 2.93 bits per heavy atom. The van der Waals surface area contributed by atoms with Gasteiger partial charge in [0, 0.05) is 17.5 Å². The van der Waals surface area contributed by atoms with E-state index in [0.29, 0.717) is 23.3 Å². The summed E-state index contributed by atoms with van der Waals surface area (Å²) in [5.74, 6) is 5.58. The SMILES string of the molecule is O=Cc1cc(C#CCCO)ccc1Cl. The highest BCUT2D eigenvalue weighted by Crippen LogP contribution is 2.14. The van der Waals surface area contributed by atoms with Crippen LogP contribution in [0.1, 0.15) is 22.3 Å². The molecule has 0 aliphatic heterocycles. The molecule has 1 rings (SSSR count). The van der Waals surface area contributed by atoms with Crippen molar-refractivity contribution >= 4 is 17.9 Å². The molecule has 0 radical (unpaired) electrons. The molecule has 1 N–H and O–H groups in total. The number of benzene rings is 1. The lowest BCUT2D eigenvalue weighted by Gasteiger charge is -1.95. The first-order valence-corrected chi connectivity index (χ1v) is 4.50. The Kier molecular flexibility index (Phi) is 4.18. The molecular formula is C11H9ClO2. The molecule has 3 heteroatoms. The lowest BCUT2D eigenvalue weighted by atomic mass is 10.1. The molecule has 0 saturated carbocycles. The molecule has 1 aromatic carbocycles. The molecule has 0 aliphatic carbocycles. The fourth-order valence-electron chi connectivity index (χ4n) is 0.932. The molecule has 2 nitrogen and oxygen atoms in total. The van der Waals surface area contributed by atoms with Crippen LogP contribution in [0.3, 0.4) is 0 Å². The number of carbonyl (C=O) groups excluding carboxylic acids is 1. The van der Waals surface area contributed by atoms with Gasteiger partial charge in [0.15, 0.2) is 6.29 Å². The van der Waals surface area contributed by atoms with E-state index in [9.17, 15) is 4.79 Å². The van der Waals surface area contributed by atoms with Gasteiger partial charge in [-0.3, -0.25) is 4.79 Å². The van der Waals surface area contributed by atoms with Crippen molar-refractivity contribution in [3.05, 3.63) is 34.3 Å². The summed E-state index contributed by atoms with van der Waals surface area (Å²) in [6, 6.07) is 4.99. The number of halogens is 1. The third-order valence-corrected chi connectivity index (χ3v) is 1.94. The normalized spacial score (nSPS) is 9.00. The van der Waals surface area contributed by atoms with Gasteiger partial charge in [0.1, 0.15) is 0 Å². The topological polar surface area (TPSA) is 37.3 Å². The first kappa shape index (κ1) is 10.8. The minimum Gasteiger partial charge on any atom is -0.395 e. The molecule has 0 amide bonds. The second-order valence-electron chi connectivity index (χ2n) is 2.63. The minimum atomic E-state index is 0.0428. The molecule has 72 valence electrons. The van der Waals surface area contributed by atoms with E-state index in [1.54, 1.807) is 18.2 Å². The van der Waals surface area contributed by atoms with Crippen LogP contribution in [-0.4, -0.2) is 18.0 Å². The van der Waals surface area contributed by atoms with Crippen LogP contribution in [0.25, 0.3) is 0 Å². The number of rotatable bonds is 2. The highest BCUT2D eigenvalue weighted by Gasteiger charge is 1.98. The van der Waals surface area contributed by atoms with Crippen molar-refractivity contribution in [1.82, 2.24) is 0 Å².